The number of nitrogens with zero attached hydrogens (tertiary/aromatic N) is 5. The first-order valence-electron chi connectivity index (χ1n) is 9.53. The zero-order chi connectivity index (χ0) is 20.4. The average Bonchev–Trinajstić information content (AvgIpc) is 3.36. The Morgan fingerprint density at radius 2 is 1.86 bits per heavy atom. The summed E-state index contributed by atoms with van der Waals surface area (Å²) in [6.45, 7) is 3.24. The summed E-state index contributed by atoms with van der Waals surface area (Å²) in [6.07, 6.45) is 1.65. The van der Waals surface area contributed by atoms with E-state index >= 15 is 0 Å². The Hall–Kier alpha value is -3.01. The minimum atomic E-state index is -0.413. The highest BCUT2D eigenvalue weighted by Gasteiger charge is 2.26. The van der Waals surface area contributed by atoms with Gasteiger partial charge in [-0.15, -0.1) is 11.3 Å². The number of nitro groups is 1. The molecule has 29 heavy (non-hydrogen) atoms. The predicted molar refractivity (Wildman–Crippen MR) is 109 cm³/mol. The van der Waals surface area contributed by atoms with Crippen LogP contribution in [0.4, 0.5) is 16.5 Å². The van der Waals surface area contributed by atoms with Gasteiger partial charge in [0, 0.05) is 62.3 Å². The van der Waals surface area contributed by atoms with E-state index in [2.05, 4.69) is 9.88 Å². The SMILES string of the molecule is O=C(Cc1csc(N2CCCC2=O)n1)N1CCN(c2ccc([N+](=O)[O-])cc2)CC1. The molecule has 0 atom stereocenters. The maximum absolute atomic E-state index is 12.6. The van der Waals surface area contributed by atoms with E-state index in [0.29, 0.717) is 50.0 Å². The summed E-state index contributed by atoms with van der Waals surface area (Å²) in [7, 11) is 0. The van der Waals surface area contributed by atoms with Gasteiger partial charge in [-0.1, -0.05) is 0 Å². The molecule has 152 valence electrons. The number of amides is 2. The Balaban J connectivity index is 1.30. The molecule has 2 aliphatic heterocycles. The highest BCUT2D eigenvalue weighted by molar-refractivity contribution is 7.14. The molecule has 0 aliphatic carbocycles. The van der Waals surface area contributed by atoms with Gasteiger partial charge in [0.1, 0.15) is 0 Å². The van der Waals surface area contributed by atoms with E-state index < -0.39 is 4.92 Å². The lowest BCUT2D eigenvalue weighted by Crippen LogP contribution is -2.49. The number of rotatable bonds is 5. The number of anilines is 2. The minimum Gasteiger partial charge on any atom is -0.368 e. The van der Waals surface area contributed by atoms with Gasteiger partial charge < -0.3 is 9.80 Å². The minimum absolute atomic E-state index is 0.0259. The van der Waals surface area contributed by atoms with Crippen molar-refractivity contribution in [2.24, 2.45) is 0 Å². The molecule has 4 rings (SSSR count). The average molecular weight is 415 g/mol. The van der Waals surface area contributed by atoms with Gasteiger partial charge in [0.2, 0.25) is 11.8 Å². The Bertz CT molecular complexity index is 921. The van der Waals surface area contributed by atoms with Gasteiger partial charge in [-0.05, 0) is 18.6 Å². The van der Waals surface area contributed by atoms with Crippen LogP contribution in [0.3, 0.4) is 0 Å². The first-order valence-corrected chi connectivity index (χ1v) is 10.4. The van der Waals surface area contributed by atoms with E-state index in [1.165, 1.54) is 23.5 Å². The van der Waals surface area contributed by atoms with Crippen molar-refractivity contribution in [2.75, 3.05) is 42.5 Å². The first kappa shape index (κ1) is 19.3. The molecule has 0 saturated carbocycles. The molecule has 2 amide bonds. The molecule has 0 bridgehead atoms. The van der Waals surface area contributed by atoms with Gasteiger partial charge in [-0.2, -0.15) is 0 Å². The Morgan fingerprint density at radius 1 is 1.14 bits per heavy atom. The second-order valence-electron chi connectivity index (χ2n) is 7.09. The van der Waals surface area contributed by atoms with E-state index in [1.54, 1.807) is 17.0 Å². The van der Waals surface area contributed by atoms with Crippen molar-refractivity contribution >= 4 is 39.7 Å². The molecule has 0 radical (unpaired) electrons. The summed E-state index contributed by atoms with van der Waals surface area (Å²) >= 11 is 1.41. The van der Waals surface area contributed by atoms with Crippen molar-refractivity contribution < 1.29 is 14.5 Å². The number of thiazole rings is 1. The van der Waals surface area contributed by atoms with E-state index in [0.717, 1.165) is 12.1 Å². The zero-order valence-electron chi connectivity index (χ0n) is 15.8. The molecule has 1 aromatic heterocycles. The van der Waals surface area contributed by atoms with Crippen LogP contribution in [0.25, 0.3) is 0 Å². The summed E-state index contributed by atoms with van der Waals surface area (Å²) in [5.74, 6) is 0.123. The summed E-state index contributed by atoms with van der Waals surface area (Å²) in [5.41, 5.74) is 1.69. The third-order valence-corrected chi connectivity index (χ3v) is 6.15. The molecule has 2 saturated heterocycles. The molecule has 2 aliphatic rings. The predicted octanol–water partition coefficient (Wildman–Crippen LogP) is 2.07. The lowest BCUT2D eigenvalue weighted by Gasteiger charge is -2.36. The Labute approximate surface area is 171 Å². The molecule has 2 fully saturated rings. The van der Waals surface area contributed by atoms with Crippen LogP contribution in [-0.2, 0) is 16.0 Å². The zero-order valence-corrected chi connectivity index (χ0v) is 16.6. The van der Waals surface area contributed by atoms with Crippen molar-refractivity contribution in [2.45, 2.75) is 19.3 Å². The fourth-order valence-corrected chi connectivity index (χ4v) is 4.49. The molecule has 1 aromatic carbocycles. The third-order valence-electron chi connectivity index (χ3n) is 5.23. The number of hydrogen-bond acceptors (Lipinski definition) is 7. The largest absolute Gasteiger partial charge is 0.368 e. The molecular weight excluding hydrogens is 394 g/mol. The lowest BCUT2D eigenvalue weighted by molar-refractivity contribution is -0.384. The number of benzene rings is 1. The summed E-state index contributed by atoms with van der Waals surface area (Å²) < 4.78 is 0. The Kier molecular flexibility index (Phi) is 5.43. The van der Waals surface area contributed by atoms with Gasteiger partial charge >= 0.3 is 0 Å². The van der Waals surface area contributed by atoms with E-state index in [9.17, 15) is 19.7 Å². The monoisotopic (exact) mass is 415 g/mol. The van der Waals surface area contributed by atoms with E-state index in [4.69, 9.17) is 0 Å². The van der Waals surface area contributed by atoms with Gasteiger partial charge in [0.15, 0.2) is 5.13 Å². The standard InChI is InChI=1S/C19H21N5O4S/c25-17-2-1-7-23(17)19-20-14(13-29-19)12-18(26)22-10-8-21(9-11-22)15-3-5-16(6-4-15)24(27)28/h3-6,13H,1-2,7-12H2. The highest BCUT2D eigenvalue weighted by atomic mass is 32.1. The quantitative estimate of drug-likeness (QED) is 0.547. The first-order chi connectivity index (χ1) is 14.0. The van der Waals surface area contributed by atoms with Crippen LogP contribution in [0.15, 0.2) is 29.6 Å². The van der Waals surface area contributed by atoms with Gasteiger partial charge in [0.05, 0.1) is 17.0 Å². The summed E-state index contributed by atoms with van der Waals surface area (Å²) in [6, 6.07) is 6.48. The Morgan fingerprint density at radius 3 is 2.48 bits per heavy atom. The van der Waals surface area contributed by atoms with Crippen molar-refractivity contribution in [3.05, 3.63) is 45.5 Å². The number of piperazine rings is 1. The van der Waals surface area contributed by atoms with Crippen molar-refractivity contribution in [1.82, 2.24) is 9.88 Å². The maximum atomic E-state index is 12.6. The second-order valence-corrected chi connectivity index (χ2v) is 7.93. The van der Waals surface area contributed by atoms with Crippen molar-refractivity contribution in [3.8, 4) is 0 Å². The van der Waals surface area contributed by atoms with Crippen LogP contribution in [0.2, 0.25) is 0 Å². The van der Waals surface area contributed by atoms with Crippen LogP contribution in [0.5, 0.6) is 0 Å². The molecule has 0 unspecified atom stereocenters. The third kappa shape index (κ3) is 4.21. The van der Waals surface area contributed by atoms with Crippen LogP contribution in [0, 0.1) is 10.1 Å². The van der Waals surface area contributed by atoms with Crippen LogP contribution in [-0.4, -0.2) is 59.3 Å². The maximum Gasteiger partial charge on any atom is 0.269 e. The number of aromatic nitrogens is 1. The smallest absolute Gasteiger partial charge is 0.269 e. The fourth-order valence-electron chi connectivity index (χ4n) is 3.62. The lowest BCUT2D eigenvalue weighted by atomic mass is 10.2. The van der Waals surface area contributed by atoms with Crippen LogP contribution < -0.4 is 9.80 Å². The second kappa shape index (κ2) is 8.16. The van der Waals surface area contributed by atoms with E-state index in [1.807, 2.05) is 10.3 Å². The van der Waals surface area contributed by atoms with Gasteiger partial charge in [-0.25, -0.2) is 4.98 Å². The van der Waals surface area contributed by atoms with Crippen LogP contribution in [0.1, 0.15) is 18.5 Å². The van der Waals surface area contributed by atoms with Gasteiger partial charge in [0.25, 0.3) is 5.69 Å². The van der Waals surface area contributed by atoms with Crippen molar-refractivity contribution in [3.63, 3.8) is 0 Å². The number of nitro benzene ring substituents is 1. The molecule has 3 heterocycles. The number of hydrogen-bond donors (Lipinski definition) is 0. The van der Waals surface area contributed by atoms with Gasteiger partial charge in [-0.3, -0.25) is 24.6 Å². The molecule has 2 aromatic rings. The van der Waals surface area contributed by atoms with E-state index in [-0.39, 0.29) is 23.9 Å². The molecular formula is C19H21N5O4S. The molecule has 0 N–H and O–H groups in total. The summed E-state index contributed by atoms with van der Waals surface area (Å²) in [4.78, 5) is 44.9. The number of non-ortho nitro benzene ring substituents is 1. The molecule has 9 nitrogen and oxygen atoms in total. The van der Waals surface area contributed by atoms with Crippen LogP contribution >= 0.6 is 11.3 Å². The number of carbonyl (C=O) groups is 2. The summed E-state index contributed by atoms with van der Waals surface area (Å²) in [5, 5.41) is 13.3. The molecule has 10 heteroatoms. The molecule has 0 spiro atoms. The highest BCUT2D eigenvalue weighted by Crippen LogP contribution is 2.26. The number of carbonyl (C=O) groups excluding carboxylic acids is 2. The normalized spacial score (nSPS) is 17.1. The topological polar surface area (TPSA) is 99.9 Å². The van der Waals surface area contributed by atoms with Crippen molar-refractivity contribution in [1.29, 1.82) is 0 Å². The fraction of sp³-hybridized carbons (Fsp3) is 0.421.